The molecule has 0 atom stereocenters. The first-order chi connectivity index (χ1) is 12.7. The molecule has 1 heterocycles. The molecule has 0 radical (unpaired) electrons. The highest BCUT2D eigenvalue weighted by atomic mass is 32.2. The molecular weight excluding hydrogens is 388 g/mol. The van der Waals surface area contributed by atoms with Crippen molar-refractivity contribution < 1.29 is 21.6 Å². The molecule has 7 nitrogen and oxygen atoms in total. The second-order valence-electron chi connectivity index (χ2n) is 6.18. The zero-order chi connectivity index (χ0) is 19.8. The predicted molar refractivity (Wildman–Crippen MR) is 104 cm³/mol. The quantitative estimate of drug-likeness (QED) is 0.757. The Morgan fingerprint density at radius 1 is 1.11 bits per heavy atom. The van der Waals surface area contributed by atoms with Gasteiger partial charge in [-0.25, -0.2) is 21.1 Å². The Morgan fingerprint density at radius 2 is 1.78 bits per heavy atom. The summed E-state index contributed by atoms with van der Waals surface area (Å²) in [7, 11) is -7.53. The highest BCUT2D eigenvalue weighted by molar-refractivity contribution is 7.94. The van der Waals surface area contributed by atoms with Crippen molar-refractivity contribution in [3.8, 4) is 0 Å². The van der Waals surface area contributed by atoms with E-state index in [4.69, 9.17) is 0 Å². The molecule has 1 fully saturated rings. The van der Waals surface area contributed by atoms with Crippen LogP contribution in [-0.4, -0.2) is 35.0 Å². The number of hydrogen-bond acceptors (Lipinski definition) is 5. The first-order valence-electron chi connectivity index (χ1n) is 8.43. The zero-order valence-electron chi connectivity index (χ0n) is 15.0. The van der Waals surface area contributed by atoms with E-state index in [0.717, 1.165) is 4.31 Å². The fraction of sp³-hybridized carbons (Fsp3) is 0.278. The van der Waals surface area contributed by atoms with Gasteiger partial charge in [-0.05, 0) is 49.7 Å². The van der Waals surface area contributed by atoms with Crippen molar-refractivity contribution in [2.24, 2.45) is 0 Å². The Labute approximate surface area is 159 Å². The van der Waals surface area contributed by atoms with Gasteiger partial charge in [0.1, 0.15) is 0 Å². The molecule has 0 unspecified atom stereocenters. The fourth-order valence-electron chi connectivity index (χ4n) is 3.12. The van der Waals surface area contributed by atoms with Gasteiger partial charge in [0.2, 0.25) is 15.9 Å². The highest BCUT2D eigenvalue weighted by Crippen LogP contribution is 2.31. The van der Waals surface area contributed by atoms with Crippen molar-refractivity contribution in [1.82, 2.24) is 0 Å². The molecule has 9 heteroatoms. The van der Waals surface area contributed by atoms with Crippen LogP contribution < -0.4 is 8.61 Å². The van der Waals surface area contributed by atoms with Crippen molar-refractivity contribution in [1.29, 1.82) is 0 Å². The van der Waals surface area contributed by atoms with Crippen LogP contribution in [0.25, 0.3) is 0 Å². The van der Waals surface area contributed by atoms with Crippen LogP contribution in [0, 0.1) is 6.92 Å². The molecule has 27 heavy (non-hydrogen) atoms. The van der Waals surface area contributed by atoms with Crippen LogP contribution in [0.5, 0.6) is 0 Å². The minimum atomic E-state index is -3.84. The molecular formula is C18H20N2O5S2. The van der Waals surface area contributed by atoms with E-state index in [9.17, 15) is 21.6 Å². The molecule has 2 aromatic rings. The molecule has 0 N–H and O–H groups in total. The maximum Gasteiger partial charge on any atom is 0.264 e. The third kappa shape index (κ3) is 3.44. The summed E-state index contributed by atoms with van der Waals surface area (Å²) in [4.78, 5) is 12.0. The largest absolute Gasteiger partial charge is 0.273 e. The van der Waals surface area contributed by atoms with E-state index in [-0.39, 0.29) is 29.3 Å². The molecule has 1 saturated heterocycles. The number of benzene rings is 2. The summed E-state index contributed by atoms with van der Waals surface area (Å²) >= 11 is 0. The monoisotopic (exact) mass is 408 g/mol. The average molecular weight is 409 g/mol. The fourth-order valence-corrected chi connectivity index (χ4v) is 6.26. The number of nitrogens with zero attached hydrogens (tertiary/aromatic N) is 2. The first-order valence-corrected chi connectivity index (χ1v) is 11.5. The van der Waals surface area contributed by atoms with E-state index in [1.54, 1.807) is 44.2 Å². The van der Waals surface area contributed by atoms with Gasteiger partial charge in [0, 0.05) is 13.0 Å². The Hall–Kier alpha value is -2.39. The van der Waals surface area contributed by atoms with Gasteiger partial charge in [-0.2, -0.15) is 0 Å². The summed E-state index contributed by atoms with van der Waals surface area (Å²) in [5, 5.41) is 0. The van der Waals surface area contributed by atoms with Crippen LogP contribution >= 0.6 is 0 Å². The molecule has 3 rings (SSSR count). The van der Waals surface area contributed by atoms with Crippen molar-refractivity contribution >= 4 is 37.3 Å². The molecule has 0 aliphatic carbocycles. The number of anilines is 2. The first kappa shape index (κ1) is 19.4. The van der Waals surface area contributed by atoms with E-state index in [1.807, 2.05) is 0 Å². The number of para-hydroxylation sites is 1. The summed E-state index contributed by atoms with van der Waals surface area (Å²) in [6.07, 6.45) is -0.0704. The third-order valence-electron chi connectivity index (χ3n) is 4.37. The molecule has 1 aliphatic heterocycles. The van der Waals surface area contributed by atoms with Crippen LogP contribution in [0.3, 0.4) is 0 Å². The van der Waals surface area contributed by atoms with Gasteiger partial charge in [0.05, 0.1) is 22.0 Å². The minimum absolute atomic E-state index is 0.0704. The Balaban J connectivity index is 2.04. The Morgan fingerprint density at radius 3 is 2.30 bits per heavy atom. The van der Waals surface area contributed by atoms with E-state index in [1.165, 1.54) is 22.5 Å². The summed E-state index contributed by atoms with van der Waals surface area (Å²) in [5.41, 5.74) is 1.08. The SMILES string of the molecule is CCN(c1ccccc1)S(=O)(=O)c1ccc(N2C(=O)CCS2(=O)=O)cc1C. The summed E-state index contributed by atoms with van der Waals surface area (Å²) in [6.45, 7) is 3.57. The van der Waals surface area contributed by atoms with E-state index in [0.29, 0.717) is 11.3 Å². The molecule has 2 aromatic carbocycles. The van der Waals surface area contributed by atoms with Gasteiger partial charge in [-0.15, -0.1) is 0 Å². The molecule has 144 valence electrons. The highest BCUT2D eigenvalue weighted by Gasteiger charge is 2.37. The normalized spacial score (nSPS) is 16.5. The maximum absolute atomic E-state index is 13.1. The van der Waals surface area contributed by atoms with Crippen molar-refractivity contribution in [2.75, 3.05) is 20.9 Å². The predicted octanol–water partition coefficient (Wildman–Crippen LogP) is 2.28. The Bertz CT molecular complexity index is 1080. The number of carbonyl (C=O) groups excluding carboxylic acids is 1. The number of aryl methyl sites for hydroxylation is 1. The minimum Gasteiger partial charge on any atom is -0.273 e. The van der Waals surface area contributed by atoms with Crippen LogP contribution in [0.15, 0.2) is 53.4 Å². The second-order valence-corrected chi connectivity index (χ2v) is 9.95. The van der Waals surface area contributed by atoms with Crippen LogP contribution in [0.4, 0.5) is 11.4 Å². The van der Waals surface area contributed by atoms with Gasteiger partial charge in [0.25, 0.3) is 10.0 Å². The molecule has 1 amide bonds. The van der Waals surface area contributed by atoms with Gasteiger partial charge in [-0.1, -0.05) is 18.2 Å². The van der Waals surface area contributed by atoms with Crippen molar-refractivity contribution in [2.45, 2.75) is 25.2 Å². The average Bonchev–Trinajstić information content (AvgIpc) is 2.88. The molecule has 1 aliphatic rings. The zero-order valence-corrected chi connectivity index (χ0v) is 16.6. The summed E-state index contributed by atoms with van der Waals surface area (Å²) < 4.78 is 52.5. The van der Waals surface area contributed by atoms with Gasteiger partial charge in [-0.3, -0.25) is 9.10 Å². The lowest BCUT2D eigenvalue weighted by Crippen LogP contribution is -2.32. The lowest BCUT2D eigenvalue weighted by atomic mass is 10.2. The smallest absolute Gasteiger partial charge is 0.264 e. The van der Waals surface area contributed by atoms with Gasteiger partial charge >= 0.3 is 0 Å². The number of amides is 1. The van der Waals surface area contributed by atoms with Crippen LogP contribution in [0.1, 0.15) is 18.9 Å². The Kier molecular flexibility index (Phi) is 5.00. The topological polar surface area (TPSA) is 91.8 Å². The van der Waals surface area contributed by atoms with E-state index in [2.05, 4.69) is 0 Å². The molecule has 0 bridgehead atoms. The second kappa shape index (κ2) is 6.97. The van der Waals surface area contributed by atoms with Crippen molar-refractivity contribution in [3.05, 3.63) is 54.1 Å². The number of carbonyl (C=O) groups is 1. The van der Waals surface area contributed by atoms with Gasteiger partial charge < -0.3 is 0 Å². The third-order valence-corrected chi connectivity index (χ3v) is 8.13. The lowest BCUT2D eigenvalue weighted by Gasteiger charge is -2.24. The van der Waals surface area contributed by atoms with Crippen LogP contribution in [-0.2, 0) is 24.8 Å². The van der Waals surface area contributed by atoms with E-state index < -0.39 is 26.0 Å². The number of hydrogen-bond donors (Lipinski definition) is 0. The standard InChI is InChI=1S/C18H20N2O5S2/c1-3-19(15-7-5-4-6-8-15)27(24,25)17-10-9-16(13-14(17)2)20-18(21)11-12-26(20,22)23/h4-10,13H,3,11-12H2,1-2H3. The van der Waals surface area contributed by atoms with Gasteiger partial charge in [0.15, 0.2) is 0 Å². The molecule has 0 spiro atoms. The van der Waals surface area contributed by atoms with Crippen LogP contribution in [0.2, 0.25) is 0 Å². The number of rotatable bonds is 5. The van der Waals surface area contributed by atoms with E-state index >= 15 is 0 Å². The maximum atomic E-state index is 13.1. The lowest BCUT2D eigenvalue weighted by molar-refractivity contribution is -0.116. The summed E-state index contributed by atoms with van der Waals surface area (Å²) in [5.74, 6) is -0.743. The summed E-state index contributed by atoms with van der Waals surface area (Å²) in [6, 6.07) is 12.9. The molecule has 0 aromatic heterocycles. The van der Waals surface area contributed by atoms with Crippen molar-refractivity contribution in [3.63, 3.8) is 0 Å². The molecule has 0 saturated carbocycles. The number of sulfonamides is 2.